The Kier molecular flexibility index (Phi) is 4.04. The first-order valence-electron chi connectivity index (χ1n) is 5.74. The average molecular weight is 291 g/mol. The Balaban J connectivity index is 2.09. The van der Waals surface area contributed by atoms with Gasteiger partial charge in [0.25, 0.3) is 0 Å². The van der Waals surface area contributed by atoms with Gasteiger partial charge in [0.15, 0.2) is 11.0 Å². The Morgan fingerprint density at radius 2 is 2.22 bits per heavy atom. The minimum Gasteiger partial charge on any atom is -0.253 e. The van der Waals surface area contributed by atoms with Crippen LogP contribution in [0.25, 0.3) is 0 Å². The summed E-state index contributed by atoms with van der Waals surface area (Å²) in [5, 5.41) is 7.50. The number of aromatic nitrogens is 2. The summed E-state index contributed by atoms with van der Waals surface area (Å²) in [6.07, 6.45) is 1.95. The highest BCUT2D eigenvalue weighted by atomic mass is 35.5. The average Bonchev–Trinajstić information content (AvgIpc) is 2.32. The third-order valence-corrected chi connectivity index (χ3v) is 4.51. The summed E-state index contributed by atoms with van der Waals surface area (Å²) in [6.45, 7) is 3.13. The van der Waals surface area contributed by atoms with Crippen LogP contribution in [0.3, 0.4) is 0 Å². The van der Waals surface area contributed by atoms with Crippen LogP contribution >= 0.6 is 11.6 Å². The van der Waals surface area contributed by atoms with Crippen molar-refractivity contribution in [2.24, 2.45) is 5.92 Å². The zero-order valence-electron chi connectivity index (χ0n) is 10.0. The zero-order valence-corrected chi connectivity index (χ0v) is 11.6. The maximum absolute atomic E-state index is 12.1. The van der Waals surface area contributed by atoms with E-state index in [1.807, 2.05) is 6.92 Å². The van der Waals surface area contributed by atoms with Crippen molar-refractivity contribution in [3.63, 3.8) is 0 Å². The number of anilines is 1. The zero-order chi connectivity index (χ0) is 13.2. The van der Waals surface area contributed by atoms with Crippen molar-refractivity contribution < 1.29 is 8.42 Å². The van der Waals surface area contributed by atoms with Gasteiger partial charge in [-0.15, -0.1) is 10.2 Å². The summed E-state index contributed by atoms with van der Waals surface area (Å²) in [7, 11) is -3.54. The van der Waals surface area contributed by atoms with Gasteiger partial charge in [-0.2, -0.15) is 12.7 Å². The fourth-order valence-corrected chi connectivity index (χ4v) is 3.35. The number of halogens is 1. The topological polar surface area (TPSA) is 75.2 Å². The summed E-state index contributed by atoms with van der Waals surface area (Å²) in [5.41, 5.74) is 0. The van der Waals surface area contributed by atoms with E-state index in [0.717, 1.165) is 12.8 Å². The largest absolute Gasteiger partial charge is 0.302 e. The fraction of sp³-hybridized carbons (Fsp3) is 0.600. The minimum absolute atomic E-state index is 0.178. The van der Waals surface area contributed by atoms with Crippen molar-refractivity contribution in [2.45, 2.75) is 19.8 Å². The summed E-state index contributed by atoms with van der Waals surface area (Å²) >= 11 is 5.59. The van der Waals surface area contributed by atoms with Gasteiger partial charge in [0.2, 0.25) is 0 Å². The van der Waals surface area contributed by atoms with E-state index < -0.39 is 10.2 Å². The van der Waals surface area contributed by atoms with Crippen molar-refractivity contribution in [1.82, 2.24) is 14.5 Å². The SMILES string of the molecule is CC1CCCN(S(=O)(=O)Nc2ccc(Cl)nn2)C1. The first kappa shape index (κ1) is 13.5. The van der Waals surface area contributed by atoms with Crippen LogP contribution in [0.2, 0.25) is 5.15 Å². The molecule has 0 aromatic carbocycles. The number of nitrogens with one attached hydrogen (secondary N) is 1. The van der Waals surface area contributed by atoms with E-state index in [4.69, 9.17) is 11.6 Å². The normalized spacial score (nSPS) is 21.8. The molecule has 1 atom stereocenters. The van der Waals surface area contributed by atoms with E-state index in [-0.39, 0.29) is 11.0 Å². The molecule has 0 radical (unpaired) electrons. The van der Waals surface area contributed by atoms with Crippen LogP contribution in [0, 0.1) is 5.92 Å². The van der Waals surface area contributed by atoms with Gasteiger partial charge in [-0.3, -0.25) is 4.72 Å². The summed E-state index contributed by atoms with van der Waals surface area (Å²) in [5.74, 6) is 0.559. The Bertz CT molecular complexity index is 505. The molecule has 1 N–H and O–H groups in total. The lowest BCUT2D eigenvalue weighted by molar-refractivity contribution is 0.282. The Hall–Kier alpha value is -0.920. The third-order valence-electron chi connectivity index (χ3n) is 2.83. The molecule has 100 valence electrons. The Morgan fingerprint density at radius 1 is 1.44 bits per heavy atom. The van der Waals surface area contributed by atoms with E-state index in [2.05, 4.69) is 14.9 Å². The van der Waals surface area contributed by atoms with Crippen molar-refractivity contribution in [1.29, 1.82) is 0 Å². The first-order valence-corrected chi connectivity index (χ1v) is 7.56. The van der Waals surface area contributed by atoms with Crippen LogP contribution in [0.15, 0.2) is 12.1 Å². The molecule has 1 aliphatic rings. The van der Waals surface area contributed by atoms with Crippen LogP contribution in [-0.2, 0) is 10.2 Å². The molecule has 1 saturated heterocycles. The van der Waals surface area contributed by atoms with E-state index in [1.54, 1.807) is 0 Å². The van der Waals surface area contributed by atoms with Crippen LogP contribution in [0.1, 0.15) is 19.8 Å². The summed E-state index contributed by atoms with van der Waals surface area (Å²) in [4.78, 5) is 0. The highest BCUT2D eigenvalue weighted by Crippen LogP contribution is 2.19. The van der Waals surface area contributed by atoms with Gasteiger partial charge in [-0.05, 0) is 30.9 Å². The standard InChI is InChI=1S/C10H15ClN4O2S/c1-8-3-2-6-15(7-8)18(16,17)14-10-5-4-9(11)12-13-10/h4-5,8H,2-3,6-7H2,1H3,(H,13,14). The molecule has 0 saturated carbocycles. The lowest BCUT2D eigenvalue weighted by Gasteiger charge is -2.29. The van der Waals surface area contributed by atoms with E-state index >= 15 is 0 Å². The van der Waals surface area contributed by atoms with Gasteiger partial charge >= 0.3 is 10.2 Å². The predicted molar refractivity (Wildman–Crippen MR) is 69.6 cm³/mol. The molecule has 2 rings (SSSR count). The summed E-state index contributed by atoms with van der Waals surface area (Å²) < 4.78 is 28.0. The van der Waals surface area contributed by atoms with Gasteiger partial charge in [0, 0.05) is 13.1 Å². The van der Waals surface area contributed by atoms with Crippen molar-refractivity contribution in [3.05, 3.63) is 17.3 Å². The lowest BCUT2D eigenvalue weighted by atomic mass is 10.0. The maximum atomic E-state index is 12.1. The van der Waals surface area contributed by atoms with E-state index in [1.165, 1.54) is 16.4 Å². The molecule has 1 aromatic rings. The smallest absolute Gasteiger partial charge is 0.253 e. The molecule has 1 unspecified atom stereocenters. The fourth-order valence-electron chi connectivity index (χ4n) is 1.93. The van der Waals surface area contributed by atoms with Gasteiger partial charge in [-0.25, -0.2) is 0 Å². The second-order valence-corrected chi connectivity index (χ2v) is 6.51. The molecule has 1 aliphatic heterocycles. The van der Waals surface area contributed by atoms with Crippen molar-refractivity contribution in [3.8, 4) is 0 Å². The molecular formula is C10H15ClN4O2S. The third kappa shape index (κ3) is 3.30. The molecule has 0 bridgehead atoms. The monoisotopic (exact) mass is 290 g/mol. The van der Waals surface area contributed by atoms with E-state index in [0.29, 0.717) is 19.0 Å². The van der Waals surface area contributed by atoms with Gasteiger partial charge in [-0.1, -0.05) is 18.5 Å². The summed E-state index contributed by atoms with van der Waals surface area (Å²) in [6, 6.07) is 2.98. The molecule has 2 heterocycles. The van der Waals surface area contributed by atoms with Crippen LogP contribution in [-0.4, -0.2) is 36.0 Å². The highest BCUT2D eigenvalue weighted by Gasteiger charge is 2.27. The second-order valence-electron chi connectivity index (χ2n) is 4.45. The van der Waals surface area contributed by atoms with Crippen molar-refractivity contribution in [2.75, 3.05) is 17.8 Å². The van der Waals surface area contributed by atoms with Gasteiger partial charge in [0.1, 0.15) is 0 Å². The quantitative estimate of drug-likeness (QED) is 0.916. The molecule has 0 amide bonds. The molecule has 1 fully saturated rings. The number of piperidine rings is 1. The molecule has 8 heteroatoms. The predicted octanol–water partition coefficient (Wildman–Crippen LogP) is 1.52. The Morgan fingerprint density at radius 3 is 2.83 bits per heavy atom. The Labute approximate surface area is 112 Å². The van der Waals surface area contributed by atoms with E-state index in [9.17, 15) is 8.42 Å². The maximum Gasteiger partial charge on any atom is 0.302 e. The van der Waals surface area contributed by atoms with Crippen LogP contribution < -0.4 is 4.72 Å². The molecule has 0 aliphatic carbocycles. The van der Waals surface area contributed by atoms with Crippen molar-refractivity contribution >= 4 is 27.6 Å². The molecular weight excluding hydrogens is 276 g/mol. The molecule has 0 spiro atoms. The first-order chi connectivity index (χ1) is 8.47. The highest BCUT2D eigenvalue weighted by molar-refractivity contribution is 7.90. The minimum atomic E-state index is -3.54. The number of rotatable bonds is 3. The van der Waals surface area contributed by atoms with Gasteiger partial charge in [0.05, 0.1) is 0 Å². The van der Waals surface area contributed by atoms with Crippen LogP contribution in [0.5, 0.6) is 0 Å². The van der Waals surface area contributed by atoms with Crippen LogP contribution in [0.4, 0.5) is 5.82 Å². The number of hydrogen-bond donors (Lipinski definition) is 1. The lowest BCUT2D eigenvalue weighted by Crippen LogP contribution is -2.42. The second kappa shape index (κ2) is 5.38. The number of nitrogens with zero attached hydrogens (tertiary/aromatic N) is 3. The van der Waals surface area contributed by atoms with Gasteiger partial charge < -0.3 is 0 Å². The number of hydrogen-bond acceptors (Lipinski definition) is 4. The molecule has 1 aromatic heterocycles. The molecule has 6 nitrogen and oxygen atoms in total. The molecule has 18 heavy (non-hydrogen) atoms.